The van der Waals surface area contributed by atoms with Crippen molar-refractivity contribution in [2.75, 3.05) is 37.2 Å². The Hall–Kier alpha value is -11.8. The SMILES string of the molecule is CC(N)c1ccccc1OC(F)(F)F.CC1(C)OB(c2ccc3nc(N)sc3c2)OC1(C)C.COC(=O)c1cnc(C)c(-c2ccc3nc(N)sc3c2)c1.COC(=O)c1cnc(C)c(Br)c1.Cc1ncc(C(=O)NC(C)c2ccccc2OC(F)(F)F)cc1-c1ccc2nc(N)sc2c1.Cc1ncc(C(=O)O)cc1-c1ccc2nc(N)sc2c1. The number of aromatic nitrogens is 8. The van der Waals surface area contributed by atoms with Crippen LogP contribution in [0.25, 0.3) is 74.2 Å². The molecular formula is C82H78BBrF6N14O11S4. The Kier molecular flexibility index (Phi) is 28.5. The third-order valence-corrected chi connectivity index (χ3v) is 22.5. The van der Waals surface area contributed by atoms with Crippen molar-refractivity contribution in [2.24, 2.45) is 5.73 Å². The van der Waals surface area contributed by atoms with Crippen LogP contribution in [0.5, 0.6) is 11.5 Å². The van der Waals surface area contributed by atoms with Crippen molar-refractivity contribution in [3.05, 3.63) is 231 Å². The van der Waals surface area contributed by atoms with Crippen molar-refractivity contribution >= 4 is 159 Å². The predicted octanol–water partition coefficient (Wildman–Crippen LogP) is 18.3. The van der Waals surface area contributed by atoms with E-state index in [1.54, 1.807) is 50.2 Å². The topological polar surface area (TPSA) is 389 Å². The Morgan fingerprint density at radius 2 is 0.832 bits per heavy atom. The number of rotatable bonds is 13. The summed E-state index contributed by atoms with van der Waals surface area (Å²) in [6.07, 6.45) is -3.70. The number of nitrogens with one attached hydrogen (secondary N) is 1. The minimum absolute atomic E-state index is 0.175. The fourth-order valence-corrected chi connectivity index (χ4v) is 15.0. The van der Waals surface area contributed by atoms with E-state index in [2.05, 4.69) is 103 Å². The van der Waals surface area contributed by atoms with Crippen LogP contribution >= 0.6 is 61.3 Å². The Morgan fingerprint density at radius 1 is 0.487 bits per heavy atom. The molecule has 8 aromatic heterocycles. The summed E-state index contributed by atoms with van der Waals surface area (Å²) in [5.41, 5.74) is 42.5. The first-order valence-electron chi connectivity index (χ1n) is 35.8. The second-order valence-corrected chi connectivity index (χ2v) is 32.5. The average molecular weight is 1770 g/mol. The number of fused-ring (bicyclic) bond motifs is 4. The second-order valence-electron chi connectivity index (χ2n) is 27.4. The zero-order valence-electron chi connectivity index (χ0n) is 65.7. The van der Waals surface area contributed by atoms with Gasteiger partial charge in [-0.1, -0.05) is 106 Å². The number of ether oxygens (including phenoxy) is 4. The highest BCUT2D eigenvalue weighted by molar-refractivity contribution is 9.10. The zero-order valence-corrected chi connectivity index (χ0v) is 70.5. The lowest BCUT2D eigenvalue weighted by atomic mass is 9.79. The molecule has 1 aliphatic rings. The Morgan fingerprint density at radius 3 is 1.23 bits per heavy atom. The Labute approximate surface area is 702 Å². The molecule has 25 nitrogen and oxygen atoms in total. The van der Waals surface area contributed by atoms with E-state index in [0.717, 1.165) is 107 Å². The van der Waals surface area contributed by atoms with E-state index in [-0.39, 0.29) is 52.5 Å². The smallest absolute Gasteiger partial charge is 0.478 e. The molecule has 119 heavy (non-hydrogen) atoms. The van der Waals surface area contributed by atoms with E-state index in [4.69, 9.17) is 47.8 Å². The Bertz CT molecular complexity index is 6050. The summed E-state index contributed by atoms with van der Waals surface area (Å²) in [6, 6.07) is 40.4. The van der Waals surface area contributed by atoms with Gasteiger partial charge in [0, 0.05) is 80.2 Å². The van der Waals surface area contributed by atoms with Crippen LogP contribution in [0, 0.1) is 27.7 Å². The quantitative estimate of drug-likeness (QED) is 0.0320. The van der Waals surface area contributed by atoms with Crippen molar-refractivity contribution in [1.29, 1.82) is 0 Å². The van der Waals surface area contributed by atoms with Gasteiger partial charge in [0.2, 0.25) is 0 Å². The Balaban J connectivity index is 0.000000155. The van der Waals surface area contributed by atoms with Crippen molar-refractivity contribution in [3.63, 3.8) is 0 Å². The molecule has 2 atom stereocenters. The standard InChI is InChI=1S/C23H19F3N4O2S.C15H13N3O2S.C14H11N3O2S.C13H17BN2O2S.C9H10F3NO.C8H8BrNO2/c1-12-17(14-7-8-18-20(10-14)33-22(27)30-18)9-15(11-28-12)21(31)29-13(2)16-5-3-4-6-19(16)32-23(24,25)26;1-8-11(5-10(7-17-8)14(19)20-2)9-3-4-12-13(6-9)21-15(16)18-12;1-7-10(4-9(6-16-7)13(18)19)8-2-3-11-12(5-8)20-14(15)17-11;1-12(2)13(3,4)18-14(17-12)8-5-6-9-10(7-8)19-11(15)16-9;1-6(13)7-4-2-3-5-8(7)14-9(10,11)12;1-5-7(9)3-6(4-10-5)8(11)12-2/h3-11,13H,1-2H3,(H2,27,30)(H,29,31);3-7H,1-2H3,(H2,16,18);2-6H,1H3,(H2,15,17)(H,18,19);5-7H,1-4H3,(H2,15,16);2-6H,13H2,1H3;3-4H,1-2H3. The highest BCUT2D eigenvalue weighted by Crippen LogP contribution is 2.39. The van der Waals surface area contributed by atoms with E-state index in [0.29, 0.717) is 37.2 Å². The number of amides is 1. The van der Waals surface area contributed by atoms with E-state index in [1.807, 2.05) is 100 Å². The molecule has 0 radical (unpaired) electrons. The van der Waals surface area contributed by atoms with Gasteiger partial charge in [-0.25, -0.2) is 34.3 Å². The van der Waals surface area contributed by atoms with Crippen LogP contribution in [0.1, 0.15) is 129 Å². The molecular weight excluding hydrogens is 1690 g/mol. The summed E-state index contributed by atoms with van der Waals surface area (Å²) < 4.78 is 108. The van der Waals surface area contributed by atoms with Gasteiger partial charge in [0.1, 0.15) is 11.5 Å². The number of para-hydroxylation sites is 2. The van der Waals surface area contributed by atoms with Crippen molar-refractivity contribution in [1.82, 2.24) is 45.2 Å². The number of hydrogen-bond donors (Lipinski definition) is 7. The summed E-state index contributed by atoms with van der Waals surface area (Å²) in [5, 5.41) is 13.9. The molecule has 14 aromatic rings. The number of nitrogens with zero attached hydrogens (tertiary/aromatic N) is 8. The number of esters is 2. The minimum Gasteiger partial charge on any atom is -0.478 e. The number of hydrogen-bond acceptors (Lipinski definition) is 27. The number of nitrogens with two attached hydrogens (primary N) is 5. The number of aryl methyl sites for hydroxylation is 4. The normalized spacial score (nSPS) is 13.2. The molecule has 0 aliphatic carbocycles. The number of methoxy groups -OCH3 is 2. The lowest BCUT2D eigenvalue weighted by Gasteiger charge is -2.32. The number of carboxylic acids is 1. The molecule has 6 aromatic carbocycles. The van der Waals surface area contributed by atoms with E-state index >= 15 is 0 Å². The summed E-state index contributed by atoms with van der Waals surface area (Å²) in [7, 11) is 2.36. The number of carboxylic acid groups (broad SMARTS) is 1. The largest absolute Gasteiger partial charge is 0.573 e. The molecule has 0 saturated carbocycles. The van der Waals surface area contributed by atoms with Crippen molar-refractivity contribution in [2.45, 2.75) is 105 Å². The van der Waals surface area contributed by atoms with E-state index < -0.39 is 42.7 Å². The number of anilines is 4. The second kappa shape index (κ2) is 37.8. The molecule has 1 amide bonds. The number of carbonyl (C=O) groups is 4. The van der Waals surface area contributed by atoms with Gasteiger partial charge in [0.05, 0.1) is 100 Å². The van der Waals surface area contributed by atoms with Crippen LogP contribution in [0.4, 0.5) is 46.9 Å². The molecule has 2 unspecified atom stereocenters. The van der Waals surface area contributed by atoms with E-state index in [9.17, 15) is 45.5 Å². The van der Waals surface area contributed by atoms with Gasteiger partial charge in [0.25, 0.3) is 5.91 Å². The van der Waals surface area contributed by atoms with Crippen LogP contribution in [0.15, 0.2) is 175 Å². The van der Waals surface area contributed by atoms with Gasteiger partial charge in [0.15, 0.2) is 20.5 Å². The number of nitrogen functional groups attached to an aromatic ring is 4. The molecule has 9 heterocycles. The molecule has 37 heteroatoms. The van der Waals surface area contributed by atoms with Gasteiger partial charge in [-0.2, -0.15) is 0 Å². The van der Waals surface area contributed by atoms with Gasteiger partial charge in [-0.15, -0.1) is 26.3 Å². The van der Waals surface area contributed by atoms with Crippen LogP contribution in [0.3, 0.4) is 0 Å². The monoisotopic (exact) mass is 1770 g/mol. The molecule has 15 rings (SSSR count). The van der Waals surface area contributed by atoms with Crippen molar-refractivity contribution in [3.8, 4) is 44.9 Å². The number of benzene rings is 6. The predicted molar refractivity (Wildman–Crippen MR) is 457 cm³/mol. The molecule has 0 spiro atoms. The maximum absolute atomic E-state index is 12.9. The number of thiazole rings is 4. The summed E-state index contributed by atoms with van der Waals surface area (Å²) >= 11 is 8.96. The van der Waals surface area contributed by atoms with Gasteiger partial charge in [-0.05, 0) is 192 Å². The number of alkyl halides is 6. The van der Waals surface area contributed by atoms with Crippen LogP contribution in [0.2, 0.25) is 0 Å². The molecule has 0 bridgehead atoms. The number of carbonyl (C=O) groups excluding carboxylic acids is 3. The zero-order chi connectivity index (χ0) is 86.8. The summed E-state index contributed by atoms with van der Waals surface area (Å²) in [4.78, 5) is 80.3. The van der Waals surface area contributed by atoms with Crippen LogP contribution in [-0.2, 0) is 18.8 Å². The third kappa shape index (κ3) is 23.1. The highest BCUT2D eigenvalue weighted by atomic mass is 79.9. The number of pyridine rings is 4. The molecule has 1 fully saturated rings. The van der Waals surface area contributed by atoms with Crippen LogP contribution in [-0.4, -0.2) is 114 Å². The maximum Gasteiger partial charge on any atom is 0.573 e. The first-order chi connectivity index (χ1) is 56.1. The number of halogens is 7. The molecule has 1 aliphatic heterocycles. The lowest BCUT2D eigenvalue weighted by Crippen LogP contribution is -2.41. The summed E-state index contributed by atoms with van der Waals surface area (Å²) in [6.45, 7) is 18.8. The maximum atomic E-state index is 12.9. The first-order valence-corrected chi connectivity index (χ1v) is 39.8. The molecule has 1 saturated heterocycles. The highest BCUT2D eigenvalue weighted by Gasteiger charge is 2.52. The fraction of sp³-hybridized carbons (Fsp3) is 0.220. The molecule has 618 valence electrons. The first kappa shape index (κ1) is 89.5. The van der Waals surface area contributed by atoms with Crippen molar-refractivity contribution < 1.29 is 78.9 Å². The van der Waals surface area contributed by atoms with E-state index in [1.165, 1.54) is 121 Å². The molecule has 12 N–H and O–H groups in total. The minimum atomic E-state index is -4.83. The fourth-order valence-electron chi connectivity index (χ4n) is 11.6. The third-order valence-electron chi connectivity index (χ3n) is 18.3. The van der Waals surface area contributed by atoms with Gasteiger partial charge in [-0.3, -0.25) is 24.7 Å². The van der Waals surface area contributed by atoms with Crippen LogP contribution < -0.4 is 48.9 Å². The van der Waals surface area contributed by atoms with Gasteiger partial charge >= 0.3 is 37.8 Å². The lowest BCUT2D eigenvalue weighted by molar-refractivity contribution is -0.276. The van der Waals surface area contributed by atoms with Gasteiger partial charge < -0.3 is 67.3 Å². The average Bonchev–Trinajstić information content (AvgIpc) is 1.62. The summed E-state index contributed by atoms with van der Waals surface area (Å²) in [5.74, 6) is -2.83. The number of aromatic carboxylic acids is 1.